The fraction of sp³-hybridized carbons (Fsp3) is 0.522. The minimum absolute atomic E-state index is 0.138. The summed E-state index contributed by atoms with van der Waals surface area (Å²) in [5, 5.41) is 21.9. The van der Waals surface area contributed by atoms with Crippen LogP contribution in [-0.4, -0.2) is 43.8 Å². The molecule has 1 heterocycles. The fourth-order valence-corrected chi connectivity index (χ4v) is 3.43. The molecule has 2 aromatic rings. The van der Waals surface area contributed by atoms with E-state index in [2.05, 4.69) is 41.5 Å². The zero-order chi connectivity index (χ0) is 22.1. The maximum Gasteiger partial charge on any atom is 0.321 e. The molecule has 0 radical (unpaired) electrons. The summed E-state index contributed by atoms with van der Waals surface area (Å²) < 4.78 is 1.91. The van der Waals surface area contributed by atoms with E-state index in [0.29, 0.717) is 13.0 Å². The van der Waals surface area contributed by atoms with Gasteiger partial charge in [-0.3, -0.25) is 14.9 Å². The molecule has 0 spiro atoms. The molecule has 2 atom stereocenters. The Labute approximate surface area is 178 Å². The summed E-state index contributed by atoms with van der Waals surface area (Å²) >= 11 is 0. The first kappa shape index (κ1) is 23.6. The summed E-state index contributed by atoms with van der Waals surface area (Å²) in [6, 6.07) is 6.53. The molecule has 0 bridgehead atoms. The fourth-order valence-electron chi connectivity index (χ4n) is 3.43. The summed E-state index contributed by atoms with van der Waals surface area (Å²) in [6.07, 6.45) is 7.25. The topological polar surface area (TPSA) is 104 Å². The van der Waals surface area contributed by atoms with Crippen LogP contribution in [0.2, 0.25) is 0 Å². The predicted molar refractivity (Wildman–Crippen MR) is 116 cm³/mol. The molecule has 0 aliphatic carbocycles. The summed E-state index contributed by atoms with van der Waals surface area (Å²) in [7, 11) is 0. The van der Waals surface area contributed by atoms with Gasteiger partial charge >= 0.3 is 11.9 Å². The highest BCUT2D eigenvalue weighted by Crippen LogP contribution is 2.13. The molecule has 0 fully saturated rings. The van der Waals surface area contributed by atoms with Gasteiger partial charge in [0, 0.05) is 24.9 Å². The second kappa shape index (κ2) is 11.5. The quantitative estimate of drug-likeness (QED) is 0.463. The van der Waals surface area contributed by atoms with Crippen molar-refractivity contribution >= 4 is 11.9 Å². The molecule has 0 aliphatic rings. The third kappa shape index (κ3) is 7.30. The molecular formula is C23H33N3O4. The van der Waals surface area contributed by atoms with Gasteiger partial charge in [-0.2, -0.15) is 0 Å². The number of aromatic nitrogens is 2. The number of imidazole rings is 1. The van der Waals surface area contributed by atoms with Crippen LogP contribution in [0.1, 0.15) is 56.9 Å². The van der Waals surface area contributed by atoms with Gasteiger partial charge in [0.15, 0.2) is 0 Å². The molecule has 0 amide bonds. The van der Waals surface area contributed by atoms with Crippen LogP contribution in [0.5, 0.6) is 0 Å². The Kier molecular flexibility index (Phi) is 9.05. The minimum Gasteiger partial charge on any atom is -0.480 e. The second-order valence-corrected chi connectivity index (χ2v) is 8.21. The van der Waals surface area contributed by atoms with Crippen LogP contribution in [0.25, 0.3) is 0 Å². The normalized spacial score (nSPS) is 13.3. The van der Waals surface area contributed by atoms with Crippen molar-refractivity contribution in [2.24, 2.45) is 5.92 Å². The average Bonchev–Trinajstić information content (AvgIpc) is 3.12. The van der Waals surface area contributed by atoms with Crippen molar-refractivity contribution in [3.05, 3.63) is 53.6 Å². The Bertz CT molecular complexity index is 814. The first-order chi connectivity index (χ1) is 14.3. The lowest BCUT2D eigenvalue weighted by atomic mass is 10.0. The molecule has 3 N–H and O–H groups in total. The number of hydrogen-bond donors (Lipinski definition) is 3. The van der Waals surface area contributed by atoms with E-state index in [1.54, 1.807) is 12.5 Å². The van der Waals surface area contributed by atoms with Crippen molar-refractivity contribution in [1.29, 1.82) is 0 Å². The number of carboxylic acids is 2. The van der Waals surface area contributed by atoms with Crippen molar-refractivity contribution in [3.8, 4) is 0 Å². The van der Waals surface area contributed by atoms with Gasteiger partial charge in [0.2, 0.25) is 0 Å². The van der Waals surface area contributed by atoms with Crippen molar-refractivity contribution < 1.29 is 19.8 Å². The van der Waals surface area contributed by atoms with E-state index in [0.717, 1.165) is 17.7 Å². The van der Waals surface area contributed by atoms with Crippen molar-refractivity contribution in [2.75, 3.05) is 0 Å². The van der Waals surface area contributed by atoms with Crippen LogP contribution in [0.4, 0.5) is 0 Å². The third-order valence-electron chi connectivity index (χ3n) is 5.11. The number of aliphatic carboxylic acids is 2. The second-order valence-electron chi connectivity index (χ2n) is 8.21. The zero-order valence-corrected chi connectivity index (χ0v) is 18.0. The van der Waals surface area contributed by atoms with Crippen LogP contribution < -0.4 is 5.32 Å². The Balaban J connectivity index is 2.08. The van der Waals surface area contributed by atoms with Crippen molar-refractivity contribution in [1.82, 2.24) is 14.9 Å². The monoisotopic (exact) mass is 415 g/mol. The van der Waals surface area contributed by atoms with Crippen LogP contribution in [0.3, 0.4) is 0 Å². The minimum atomic E-state index is -1.07. The Morgan fingerprint density at radius 3 is 2.27 bits per heavy atom. The van der Waals surface area contributed by atoms with E-state index >= 15 is 0 Å². The number of rotatable bonds is 13. The van der Waals surface area contributed by atoms with Crippen LogP contribution in [0.15, 0.2) is 36.8 Å². The SMILES string of the molecule is CCCCc1ccc(Cn2cncc2C[C@H](NC(CC(C)C)C(=O)O)C(=O)O)cc1. The lowest BCUT2D eigenvalue weighted by Crippen LogP contribution is -2.49. The van der Waals surface area contributed by atoms with E-state index < -0.39 is 24.0 Å². The van der Waals surface area contributed by atoms with Gasteiger partial charge in [-0.1, -0.05) is 51.5 Å². The smallest absolute Gasteiger partial charge is 0.321 e. The Morgan fingerprint density at radius 2 is 1.70 bits per heavy atom. The van der Waals surface area contributed by atoms with Gasteiger partial charge < -0.3 is 14.8 Å². The van der Waals surface area contributed by atoms with Gasteiger partial charge in [0.25, 0.3) is 0 Å². The number of carbonyl (C=O) groups is 2. The van der Waals surface area contributed by atoms with Crippen LogP contribution >= 0.6 is 0 Å². The van der Waals surface area contributed by atoms with Crippen molar-refractivity contribution in [2.45, 2.75) is 71.5 Å². The molecular weight excluding hydrogens is 382 g/mol. The maximum absolute atomic E-state index is 11.8. The standard InChI is InChI=1S/C23H33N3O4/c1-4-5-6-17-7-9-18(10-8-17)14-26-15-24-13-19(26)12-21(23(29)30)25-20(22(27)28)11-16(2)3/h7-10,13,15-16,20-21,25H,4-6,11-12,14H2,1-3H3,(H,27,28)(H,29,30)/t20?,21-/m0/s1. The van der Waals surface area contributed by atoms with Gasteiger partial charge in [-0.05, 0) is 36.3 Å². The molecule has 7 nitrogen and oxygen atoms in total. The molecule has 1 aromatic heterocycles. The van der Waals surface area contributed by atoms with Gasteiger partial charge in [-0.15, -0.1) is 0 Å². The lowest BCUT2D eigenvalue weighted by molar-refractivity contribution is -0.142. The van der Waals surface area contributed by atoms with Crippen molar-refractivity contribution in [3.63, 3.8) is 0 Å². The number of carboxylic acid groups (broad SMARTS) is 2. The molecule has 0 saturated carbocycles. The Hall–Kier alpha value is -2.67. The maximum atomic E-state index is 11.8. The number of aryl methyl sites for hydroxylation is 1. The van der Waals surface area contributed by atoms with E-state index in [1.807, 2.05) is 18.4 Å². The molecule has 1 unspecified atom stereocenters. The molecule has 7 heteroatoms. The average molecular weight is 416 g/mol. The summed E-state index contributed by atoms with van der Waals surface area (Å²) in [5.41, 5.74) is 3.17. The highest BCUT2D eigenvalue weighted by atomic mass is 16.4. The van der Waals surface area contributed by atoms with E-state index in [-0.39, 0.29) is 12.3 Å². The summed E-state index contributed by atoms with van der Waals surface area (Å²) in [5.74, 6) is -1.97. The first-order valence-electron chi connectivity index (χ1n) is 10.6. The Morgan fingerprint density at radius 1 is 1.07 bits per heavy atom. The number of nitrogens with one attached hydrogen (secondary N) is 1. The van der Waals surface area contributed by atoms with E-state index in [1.165, 1.54) is 18.4 Å². The number of unbranched alkanes of at least 4 members (excludes halogenated alkanes) is 1. The van der Waals surface area contributed by atoms with Gasteiger partial charge in [0.05, 0.1) is 6.33 Å². The highest BCUT2D eigenvalue weighted by molar-refractivity contribution is 5.77. The number of hydrogen-bond acceptors (Lipinski definition) is 4. The third-order valence-corrected chi connectivity index (χ3v) is 5.11. The predicted octanol–water partition coefficient (Wildman–Crippen LogP) is 3.36. The van der Waals surface area contributed by atoms with E-state index in [9.17, 15) is 19.8 Å². The summed E-state index contributed by atoms with van der Waals surface area (Å²) in [4.78, 5) is 27.5. The molecule has 2 rings (SSSR count). The molecule has 0 saturated heterocycles. The highest BCUT2D eigenvalue weighted by Gasteiger charge is 2.27. The molecule has 1 aromatic carbocycles. The molecule has 0 aliphatic heterocycles. The van der Waals surface area contributed by atoms with E-state index in [4.69, 9.17) is 0 Å². The lowest BCUT2D eigenvalue weighted by Gasteiger charge is -2.22. The first-order valence-corrected chi connectivity index (χ1v) is 10.6. The largest absolute Gasteiger partial charge is 0.480 e. The molecule has 164 valence electrons. The number of nitrogens with zero attached hydrogens (tertiary/aromatic N) is 2. The zero-order valence-electron chi connectivity index (χ0n) is 18.0. The van der Waals surface area contributed by atoms with Gasteiger partial charge in [-0.25, -0.2) is 4.98 Å². The summed E-state index contributed by atoms with van der Waals surface area (Å²) in [6.45, 7) is 6.59. The number of benzene rings is 1. The molecule has 30 heavy (non-hydrogen) atoms. The van der Waals surface area contributed by atoms with Crippen LogP contribution in [0, 0.1) is 5.92 Å². The van der Waals surface area contributed by atoms with Crippen LogP contribution in [-0.2, 0) is 29.0 Å². The van der Waals surface area contributed by atoms with Gasteiger partial charge in [0.1, 0.15) is 12.1 Å².